The second-order valence-electron chi connectivity index (χ2n) is 4.48. The van der Waals surface area contributed by atoms with E-state index in [0.717, 1.165) is 29.5 Å². The number of benzene rings is 1. The van der Waals surface area contributed by atoms with E-state index < -0.39 is 5.97 Å². The van der Waals surface area contributed by atoms with Gasteiger partial charge < -0.3 is 9.84 Å². The van der Waals surface area contributed by atoms with Crippen molar-refractivity contribution < 1.29 is 19.4 Å². The molecule has 0 bridgehead atoms. The summed E-state index contributed by atoms with van der Waals surface area (Å²) in [5.74, 6) is -1.13. The highest BCUT2D eigenvalue weighted by Gasteiger charge is 2.28. The molecular weight excluding hydrogens is 232 g/mol. The summed E-state index contributed by atoms with van der Waals surface area (Å²) in [6.45, 7) is 3.57. The summed E-state index contributed by atoms with van der Waals surface area (Å²) in [4.78, 5) is 22.4. The Morgan fingerprint density at radius 3 is 2.78 bits per heavy atom. The third-order valence-electron chi connectivity index (χ3n) is 3.43. The van der Waals surface area contributed by atoms with Gasteiger partial charge in [-0.15, -0.1) is 0 Å². The lowest BCUT2D eigenvalue weighted by atomic mass is 9.98. The predicted molar refractivity (Wildman–Crippen MR) is 65.6 cm³/mol. The number of ether oxygens (including phenoxy) is 1. The van der Waals surface area contributed by atoms with Crippen molar-refractivity contribution in [3.63, 3.8) is 0 Å². The van der Waals surface area contributed by atoms with E-state index in [2.05, 4.69) is 0 Å². The molecule has 1 aliphatic rings. The molecule has 4 nitrogen and oxygen atoms in total. The van der Waals surface area contributed by atoms with Gasteiger partial charge in [0.2, 0.25) is 0 Å². The van der Waals surface area contributed by atoms with Gasteiger partial charge in [0, 0.05) is 6.42 Å². The fraction of sp³-hybridized carbons (Fsp3) is 0.429. The average molecular weight is 248 g/mol. The number of hydrogen-bond donors (Lipinski definition) is 1. The minimum atomic E-state index is -0.913. The lowest BCUT2D eigenvalue weighted by Gasteiger charge is -2.14. The quantitative estimate of drug-likeness (QED) is 0.835. The van der Waals surface area contributed by atoms with Crippen molar-refractivity contribution >= 4 is 11.9 Å². The van der Waals surface area contributed by atoms with E-state index in [0.29, 0.717) is 12.0 Å². The summed E-state index contributed by atoms with van der Waals surface area (Å²) in [6.07, 6.45) is 1.65. The molecule has 0 amide bonds. The summed E-state index contributed by atoms with van der Waals surface area (Å²) in [6, 6.07) is 3.36. The zero-order valence-electron chi connectivity index (χ0n) is 10.5. The molecule has 0 aromatic heterocycles. The Bertz CT molecular complexity index is 505. The highest BCUT2D eigenvalue weighted by atomic mass is 16.5. The molecule has 0 saturated heterocycles. The Morgan fingerprint density at radius 1 is 1.44 bits per heavy atom. The Balaban J connectivity index is 2.33. The summed E-state index contributed by atoms with van der Waals surface area (Å²) in [5, 5.41) is 9.06. The predicted octanol–water partition coefficient (Wildman–Crippen LogP) is 2.63. The van der Waals surface area contributed by atoms with Crippen molar-refractivity contribution in [1.82, 2.24) is 0 Å². The lowest BCUT2D eigenvalue weighted by molar-refractivity contribution is -0.149. The molecule has 1 N–H and O–H groups in total. The molecule has 0 saturated carbocycles. The number of aromatic carboxylic acids is 1. The molecule has 1 aliphatic carbocycles. The average Bonchev–Trinajstić information content (AvgIpc) is 2.73. The van der Waals surface area contributed by atoms with Gasteiger partial charge >= 0.3 is 11.9 Å². The first kappa shape index (κ1) is 12.6. The van der Waals surface area contributed by atoms with Gasteiger partial charge in [-0.3, -0.25) is 4.79 Å². The van der Waals surface area contributed by atoms with Crippen LogP contribution in [0.1, 0.15) is 52.9 Å². The van der Waals surface area contributed by atoms with E-state index in [-0.39, 0.29) is 12.1 Å². The summed E-state index contributed by atoms with van der Waals surface area (Å²) in [7, 11) is 0. The standard InChI is InChI=1S/C14H16O4/c1-3-13(15)18-12-7-6-9-8(2)10(14(16)17)4-5-11(9)12/h4-5,12H,3,6-7H2,1-2H3,(H,16,17). The van der Waals surface area contributed by atoms with Crippen LogP contribution >= 0.6 is 0 Å². The SMILES string of the molecule is CCC(=O)OC1CCc2c1ccc(C(=O)O)c2C. The summed E-state index contributed by atoms with van der Waals surface area (Å²) >= 11 is 0. The van der Waals surface area contributed by atoms with Crippen LogP contribution in [-0.4, -0.2) is 17.0 Å². The molecule has 0 radical (unpaired) electrons. The van der Waals surface area contributed by atoms with Gasteiger partial charge in [0.05, 0.1) is 5.56 Å². The van der Waals surface area contributed by atoms with Crippen molar-refractivity contribution in [1.29, 1.82) is 0 Å². The van der Waals surface area contributed by atoms with Gasteiger partial charge in [0.15, 0.2) is 0 Å². The van der Waals surface area contributed by atoms with Crippen molar-refractivity contribution in [3.05, 3.63) is 34.4 Å². The second-order valence-corrected chi connectivity index (χ2v) is 4.48. The highest BCUT2D eigenvalue weighted by molar-refractivity contribution is 5.90. The van der Waals surface area contributed by atoms with E-state index in [4.69, 9.17) is 9.84 Å². The second kappa shape index (κ2) is 4.80. The first-order valence-electron chi connectivity index (χ1n) is 6.09. The number of esters is 1. The monoisotopic (exact) mass is 248 g/mol. The molecule has 0 aliphatic heterocycles. The van der Waals surface area contributed by atoms with E-state index in [1.54, 1.807) is 19.1 Å². The van der Waals surface area contributed by atoms with Crippen LogP contribution in [0.15, 0.2) is 12.1 Å². The first-order chi connectivity index (χ1) is 8.54. The number of fused-ring (bicyclic) bond motifs is 1. The molecule has 1 aromatic carbocycles. The fourth-order valence-electron chi connectivity index (χ4n) is 2.44. The van der Waals surface area contributed by atoms with Crippen LogP contribution in [0.2, 0.25) is 0 Å². The zero-order valence-corrected chi connectivity index (χ0v) is 10.5. The van der Waals surface area contributed by atoms with Crippen LogP contribution in [0, 0.1) is 6.92 Å². The Labute approximate surface area is 106 Å². The van der Waals surface area contributed by atoms with E-state index in [9.17, 15) is 9.59 Å². The van der Waals surface area contributed by atoms with Crippen molar-refractivity contribution in [2.24, 2.45) is 0 Å². The van der Waals surface area contributed by atoms with Crippen LogP contribution in [0.4, 0.5) is 0 Å². The van der Waals surface area contributed by atoms with Gasteiger partial charge in [0.1, 0.15) is 6.10 Å². The molecule has 4 heteroatoms. The maximum Gasteiger partial charge on any atom is 0.335 e. The van der Waals surface area contributed by atoms with Crippen LogP contribution in [0.25, 0.3) is 0 Å². The highest BCUT2D eigenvalue weighted by Crippen LogP contribution is 2.37. The van der Waals surface area contributed by atoms with Crippen LogP contribution in [0.3, 0.4) is 0 Å². The van der Waals surface area contributed by atoms with Gasteiger partial charge in [-0.2, -0.15) is 0 Å². The third kappa shape index (κ3) is 2.10. The number of carbonyl (C=O) groups excluding carboxylic acids is 1. The van der Waals surface area contributed by atoms with Gasteiger partial charge in [-0.05, 0) is 42.5 Å². The van der Waals surface area contributed by atoms with Crippen LogP contribution < -0.4 is 0 Å². The number of carboxylic acids is 1. The Kier molecular flexibility index (Phi) is 3.36. The van der Waals surface area contributed by atoms with Crippen LogP contribution in [0.5, 0.6) is 0 Å². The molecule has 18 heavy (non-hydrogen) atoms. The Morgan fingerprint density at radius 2 is 2.17 bits per heavy atom. The van der Waals surface area contributed by atoms with E-state index in [1.807, 2.05) is 6.92 Å². The molecule has 96 valence electrons. The fourth-order valence-corrected chi connectivity index (χ4v) is 2.44. The van der Waals surface area contributed by atoms with E-state index in [1.165, 1.54) is 0 Å². The molecular formula is C14H16O4. The van der Waals surface area contributed by atoms with E-state index >= 15 is 0 Å². The molecule has 2 rings (SSSR count). The van der Waals surface area contributed by atoms with Crippen LogP contribution in [-0.2, 0) is 16.0 Å². The zero-order chi connectivity index (χ0) is 13.3. The first-order valence-corrected chi connectivity index (χ1v) is 6.09. The molecule has 1 unspecified atom stereocenters. The molecule has 0 heterocycles. The van der Waals surface area contributed by atoms with Gasteiger partial charge in [-0.1, -0.05) is 13.0 Å². The molecule has 1 aromatic rings. The van der Waals surface area contributed by atoms with Crippen molar-refractivity contribution in [3.8, 4) is 0 Å². The maximum absolute atomic E-state index is 11.3. The van der Waals surface area contributed by atoms with Gasteiger partial charge in [0.25, 0.3) is 0 Å². The minimum Gasteiger partial charge on any atom is -0.478 e. The number of carboxylic acid groups (broad SMARTS) is 1. The summed E-state index contributed by atoms with van der Waals surface area (Å²) in [5.41, 5.74) is 3.09. The summed E-state index contributed by atoms with van der Waals surface area (Å²) < 4.78 is 5.36. The van der Waals surface area contributed by atoms with Crippen molar-refractivity contribution in [2.45, 2.75) is 39.2 Å². The lowest BCUT2D eigenvalue weighted by Crippen LogP contribution is -2.08. The smallest absolute Gasteiger partial charge is 0.335 e. The third-order valence-corrected chi connectivity index (χ3v) is 3.43. The number of rotatable bonds is 3. The molecule has 1 atom stereocenters. The minimum absolute atomic E-state index is 0.214. The molecule has 0 fully saturated rings. The molecule has 0 spiro atoms. The normalized spacial score (nSPS) is 17.3. The largest absolute Gasteiger partial charge is 0.478 e. The Hall–Kier alpha value is -1.84. The number of hydrogen-bond acceptors (Lipinski definition) is 3. The maximum atomic E-state index is 11.3. The topological polar surface area (TPSA) is 63.6 Å². The van der Waals surface area contributed by atoms with Gasteiger partial charge in [-0.25, -0.2) is 4.79 Å². The van der Waals surface area contributed by atoms with Crippen molar-refractivity contribution in [2.75, 3.05) is 0 Å². The number of carbonyl (C=O) groups is 2.